The van der Waals surface area contributed by atoms with Gasteiger partial charge >= 0.3 is 0 Å². The molecule has 12 heteroatoms. The number of carbonyl (C=O) groups excluding carboxylic acids is 3. The first-order valence-electron chi connectivity index (χ1n) is 11.0. The number of pyridine rings is 2. The maximum atomic E-state index is 13.0. The Morgan fingerprint density at radius 2 is 2.03 bits per heavy atom. The van der Waals surface area contributed by atoms with Crippen LogP contribution in [0, 0.1) is 0 Å². The monoisotopic (exact) mass is 473 g/mol. The van der Waals surface area contributed by atoms with E-state index in [9.17, 15) is 14.4 Å². The highest BCUT2D eigenvalue weighted by Gasteiger charge is 2.22. The largest absolute Gasteiger partial charge is 0.383 e. The quantitative estimate of drug-likeness (QED) is 0.572. The van der Waals surface area contributed by atoms with Crippen molar-refractivity contribution in [3.8, 4) is 0 Å². The molecule has 0 saturated heterocycles. The van der Waals surface area contributed by atoms with E-state index in [1.54, 1.807) is 42.0 Å². The minimum atomic E-state index is -0.409. The topological polar surface area (TPSA) is 152 Å². The van der Waals surface area contributed by atoms with Crippen LogP contribution in [0.5, 0.6) is 0 Å². The number of carbonyl (C=O) groups is 3. The summed E-state index contributed by atoms with van der Waals surface area (Å²) in [6.45, 7) is 0.820. The van der Waals surface area contributed by atoms with Crippen molar-refractivity contribution in [1.82, 2.24) is 29.5 Å². The van der Waals surface area contributed by atoms with Crippen LogP contribution in [0.2, 0.25) is 0 Å². The molecule has 0 atom stereocenters. The van der Waals surface area contributed by atoms with Crippen LogP contribution in [-0.2, 0) is 22.6 Å². The summed E-state index contributed by atoms with van der Waals surface area (Å²) in [6.07, 6.45) is 5.08. The van der Waals surface area contributed by atoms with Gasteiger partial charge in [-0.1, -0.05) is 0 Å². The number of anilines is 3. The van der Waals surface area contributed by atoms with Crippen LogP contribution in [0.25, 0.3) is 10.8 Å². The van der Waals surface area contributed by atoms with Crippen LogP contribution in [0.15, 0.2) is 41.3 Å². The lowest BCUT2D eigenvalue weighted by molar-refractivity contribution is -0.130. The van der Waals surface area contributed by atoms with E-state index in [1.807, 2.05) is 6.07 Å². The maximum absolute atomic E-state index is 13.0. The number of amides is 2. The molecular formula is C23H23N9O3. The summed E-state index contributed by atoms with van der Waals surface area (Å²) < 4.78 is 1.69. The Kier molecular flexibility index (Phi) is 5.47. The number of nitrogens with two attached hydrogens (primary N) is 1. The summed E-state index contributed by atoms with van der Waals surface area (Å²) >= 11 is 0. The molecule has 0 aliphatic carbocycles. The van der Waals surface area contributed by atoms with E-state index in [4.69, 9.17) is 5.73 Å². The summed E-state index contributed by atoms with van der Waals surface area (Å²) in [7, 11) is 3.35. The smallest absolute Gasteiger partial charge is 0.276 e. The molecule has 5 rings (SSSR count). The average Bonchev–Trinajstić information content (AvgIpc) is 3.15. The summed E-state index contributed by atoms with van der Waals surface area (Å²) in [4.78, 5) is 52.4. The first kappa shape index (κ1) is 22.2. The highest BCUT2D eigenvalue weighted by Crippen LogP contribution is 2.25. The minimum Gasteiger partial charge on any atom is -0.383 e. The molecule has 0 radical (unpaired) electrons. The molecular weight excluding hydrogens is 450 g/mol. The molecule has 3 aromatic heterocycles. The van der Waals surface area contributed by atoms with Gasteiger partial charge in [0, 0.05) is 62.3 Å². The Hall–Kier alpha value is -4.61. The Bertz CT molecular complexity index is 1440. The van der Waals surface area contributed by atoms with Crippen molar-refractivity contribution in [2.75, 3.05) is 31.7 Å². The van der Waals surface area contributed by atoms with Crippen molar-refractivity contribution < 1.29 is 14.4 Å². The zero-order valence-corrected chi connectivity index (χ0v) is 19.2. The van der Waals surface area contributed by atoms with E-state index >= 15 is 0 Å². The Morgan fingerprint density at radius 3 is 2.83 bits per heavy atom. The molecule has 178 valence electrons. The molecule has 0 bridgehead atoms. The number of ketones is 1. The maximum Gasteiger partial charge on any atom is 0.276 e. The molecule has 0 aromatic carbocycles. The normalized spacial score (nSPS) is 15.6. The molecule has 0 unspecified atom stereocenters. The lowest BCUT2D eigenvalue weighted by Crippen LogP contribution is -2.29. The third-order valence-electron chi connectivity index (χ3n) is 6.03. The van der Waals surface area contributed by atoms with Crippen molar-refractivity contribution in [3.63, 3.8) is 0 Å². The number of aliphatic imine (C=N–C) groups is 1. The van der Waals surface area contributed by atoms with E-state index in [0.717, 1.165) is 5.69 Å². The van der Waals surface area contributed by atoms with Gasteiger partial charge in [0.1, 0.15) is 23.9 Å². The minimum absolute atomic E-state index is 0.00697. The highest BCUT2D eigenvalue weighted by atomic mass is 16.2. The fourth-order valence-electron chi connectivity index (χ4n) is 3.98. The molecule has 0 spiro atoms. The van der Waals surface area contributed by atoms with E-state index in [2.05, 4.69) is 25.4 Å². The number of nitrogens with one attached hydrogen (secondary N) is 1. The molecule has 2 aliphatic rings. The molecule has 2 amide bonds. The number of rotatable bonds is 4. The summed E-state index contributed by atoms with van der Waals surface area (Å²) in [5, 5.41) is 8.91. The number of hydrogen-bond donors (Lipinski definition) is 2. The van der Waals surface area contributed by atoms with E-state index in [1.165, 1.54) is 17.3 Å². The Labute approximate surface area is 200 Å². The summed E-state index contributed by atoms with van der Waals surface area (Å²) in [5.41, 5.74) is 7.68. The molecule has 5 heterocycles. The van der Waals surface area contributed by atoms with Crippen molar-refractivity contribution >= 4 is 52.0 Å². The fraction of sp³-hybridized carbons (Fsp3) is 0.261. The molecule has 2 aliphatic heterocycles. The number of aromatic nitrogens is 4. The average molecular weight is 473 g/mol. The zero-order chi connectivity index (χ0) is 24.7. The van der Waals surface area contributed by atoms with Gasteiger partial charge in [0.15, 0.2) is 11.6 Å². The highest BCUT2D eigenvalue weighted by molar-refractivity contribution is 6.29. The zero-order valence-electron chi connectivity index (χ0n) is 19.2. The molecule has 35 heavy (non-hydrogen) atoms. The number of hydrogen-bond acceptors (Lipinski definition) is 9. The van der Waals surface area contributed by atoms with Crippen LogP contribution >= 0.6 is 0 Å². The summed E-state index contributed by atoms with van der Waals surface area (Å²) in [5.74, 6) is 0.656. The number of nitrogens with zero attached hydrogens (tertiary/aromatic N) is 7. The van der Waals surface area contributed by atoms with Gasteiger partial charge in [-0.3, -0.25) is 24.1 Å². The van der Waals surface area contributed by atoms with Gasteiger partial charge in [-0.25, -0.2) is 9.97 Å². The van der Waals surface area contributed by atoms with Crippen molar-refractivity contribution in [2.24, 2.45) is 4.99 Å². The Morgan fingerprint density at radius 1 is 1.20 bits per heavy atom. The van der Waals surface area contributed by atoms with E-state index in [-0.39, 0.29) is 36.2 Å². The van der Waals surface area contributed by atoms with Gasteiger partial charge in [0.05, 0.1) is 12.6 Å². The van der Waals surface area contributed by atoms with Crippen molar-refractivity contribution in [3.05, 3.63) is 47.7 Å². The molecule has 0 saturated carbocycles. The first-order chi connectivity index (χ1) is 16.8. The van der Waals surface area contributed by atoms with Gasteiger partial charge in [-0.15, -0.1) is 0 Å². The van der Waals surface area contributed by atoms with E-state index in [0.29, 0.717) is 41.1 Å². The van der Waals surface area contributed by atoms with Gasteiger partial charge in [0.2, 0.25) is 5.91 Å². The van der Waals surface area contributed by atoms with E-state index < -0.39 is 5.91 Å². The first-order valence-corrected chi connectivity index (χ1v) is 11.0. The lowest BCUT2D eigenvalue weighted by Gasteiger charge is -2.20. The van der Waals surface area contributed by atoms with Gasteiger partial charge in [0.25, 0.3) is 5.91 Å². The van der Waals surface area contributed by atoms with Crippen LogP contribution in [0.1, 0.15) is 22.6 Å². The third-order valence-corrected chi connectivity index (χ3v) is 6.03. The molecule has 12 nitrogen and oxygen atoms in total. The second-order valence-electron chi connectivity index (χ2n) is 8.46. The standard InChI is InChI=1S/C23H23N9O3/c1-30-4-3-14-8-20(29-32(14)12-21(30)34)28-19-6-13-5-18(27-22(24)17(13)11-26-19)23(35)31(2)15-7-16(33)10-25-9-15/h5-6,8-11H,3-4,7,12H2,1-2H3,(H2,24,27)(H,26,28,29). The van der Waals surface area contributed by atoms with Crippen LogP contribution in [0.3, 0.4) is 0 Å². The predicted molar refractivity (Wildman–Crippen MR) is 129 cm³/mol. The number of nitrogen functional groups attached to an aromatic ring is 1. The fourth-order valence-corrected chi connectivity index (χ4v) is 3.98. The van der Waals surface area contributed by atoms with Gasteiger partial charge in [-0.2, -0.15) is 5.10 Å². The van der Waals surface area contributed by atoms with Gasteiger partial charge < -0.3 is 20.9 Å². The predicted octanol–water partition coefficient (Wildman–Crippen LogP) is 1.12. The Balaban J connectivity index is 1.41. The lowest BCUT2D eigenvalue weighted by atomic mass is 10.1. The third kappa shape index (κ3) is 4.33. The molecule has 3 N–H and O–H groups in total. The van der Waals surface area contributed by atoms with Gasteiger partial charge in [-0.05, 0) is 17.5 Å². The SMILES string of the molecule is CN1CCc2cc(Nc3cc4cc(C(=O)N(C)C5=CN=CC(=O)C5)nc(N)c4cn3)nn2CC1=O. The second-order valence-corrected chi connectivity index (χ2v) is 8.46. The van der Waals surface area contributed by atoms with Crippen molar-refractivity contribution in [2.45, 2.75) is 19.4 Å². The number of allylic oxidation sites excluding steroid dienone is 1. The number of fused-ring (bicyclic) bond motifs is 2. The van der Waals surface area contributed by atoms with Crippen LogP contribution in [-0.4, -0.2) is 74.0 Å². The molecule has 0 fully saturated rings. The number of likely N-dealkylation sites (N-methyl/N-ethyl adjacent to an activating group) is 1. The van der Waals surface area contributed by atoms with Crippen LogP contribution in [0.4, 0.5) is 17.5 Å². The summed E-state index contributed by atoms with van der Waals surface area (Å²) in [6, 6.07) is 5.27. The second kappa shape index (κ2) is 8.63. The molecule has 3 aromatic rings. The van der Waals surface area contributed by atoms with Crippen molar-refractivity contribution in [1.29, 1.82) is 0 Å². The van der Waals surface area contributed by atoms with Crippen LogP contribution < -0.4 is 11.1 Å². The number of Topliss-reactive ketones (excluding diaryl/α,β-unsaturated/α-hetero) is 1.